The van der Waals surface area contributed by atoms with Crippen molar-refractivity contribution in [3.05, 3.63) is 108 Å². The summed E-state index contributed by atoms with van der Waals surface area (Å²) in [6.07, 6.45) is 9.21. The van der Waals surface area contributed by atoms with Crippen molar-refractivity contribution in [1.29, 1.82) is 0 Å². The Hall–Kier alpha value is -4.33. The smallest absolute Gasteiger partial charge is 0.245 e. The zero-order chi connectivity index (χ0) is 31.5. The number of benzene rings is 3. The molecule has 7 heteroatoms. The summed E-state index contributed by atoms with van der Waals surface area (Å²) < 4.78 is 0. The molecular formula is C39H44N6O. The molecule has 7 rings (SSSR count). The van der Waals surface area contributed by atoms with Crippen LogP contribution in [0.25, 0.3) is 28.0 Å². The van der Waals surface area contributed by atoms with Crippen molar-refractivity contribution in [2.45, 2.75) is 64.1 Å². The van der Waals surface area contributed by atoms with E-state index in [4.69, 9.17) is 9.98 Å². The standard InChI is InChI=1S/C39H44N6O/c1-3-44(4-2)37(31-10-6-5-7-11-31)39(46)45-23-9-13-36(45)38-42-26-35(43-38)30-20-18-28(19-21-30)27-14-16-29(17-15-27)32-24-34(41-25-32)33-12-8-22-40-33/h5-7,10-11,14-21,25-26,33,36-37,40H,3-4,8-9,12-13,22-24H2,1-2H3,(H,42,43)/t33?,36?,37-/m1/s1. The van der Waals surface area contributed by atoms with E-state index in [9.17, 15) is 4.79 Å². The average Bonchev–Trinajstić information content (AvgIpc) is 3.94. The Bertz CT molecular complexity index is 1700. The predicted octanol–water partition coefficient (Wildman–Crippen LogP) is 7.43. The molecule has 3 atom stereocenters. The van der Waals surface area contributed by atoms with E-state index in [-0.39, 0.29) is 18.0 Å². The Balaban J connectivity index is 1.03. The molecule has 4 heterocycles. The number of H-pyrrole nitrogens is 1. The number of carbonyl (C=O) groups is 1. The zero-order valence-corrected chi connectivity index (χ0v) is 27.0. The van der Waals surface area contributed by atoms with E-state index in [1.54, 1.807) is 0 Å². The number of likely N-dealkylation sites (tertiary alicyclic amines) is 1. The highest BCUT2D eigenvalue weighted by molar-refractivity contribution is 6.01. The number of nitrogens with one attached hydrogen (secondary N) is 2. The van der Waals surface area contributed by atoms with Crippen molar-refractivity contribution in [3.8, 4) is 22.4 Å². The van der Waals surface area contributed by atoms with Gasteiger partial charge >= 0.3 is 0 Å². The zero-order valence-electron chi connectivity index (χ0n) is 27.0. The number of nitrogens with zero attached hydrogens (tertiary/aromatic N) is 4. The lowest BCUT2D eigenvalue weighted by molar-refractivity contribution is -0.138. The molecule has 46 heavy (non-hydrogen) atoms. The Labute approximate surface area is 272 Å². The van der Waals surface area contributed by atoms with Crippen LogP contribution >= 0.6 is 0 Å². The lowest BCUT2D eigenvalue weighted by Crippen LogP contribution is -2.43. The Morgan fingerprint density at radius 1 is 0.891 bits per heavy atom. The second kappa shape index (κ2) is 13.6. The van der Waals surface area contributed by atoms with Crippen molar-refractivity contribution in [2.24, 2.45) is 4.99 Å². The van der Waals surface area contributed by atoms with E-state index in [0.717, 1.165) is 68.1 Å². The molecule has 236 valence electrons. The van der Waals surface area contributed by atoms with Crippen molar-refractivity contribution in [1.82, 2.24) is 25.1 Å². The SMILES string of the molecule is CCN(CC)[C@@H](C(=O)N1CCCC1c1ncc(-c2ccc(-c3ccc(C4=CN=C(C5CCCN5)C4)cc3)cc2)[nH]1)c1ccccc1. The third-order valence-electron chi connectivity index (χ3n) is 9.98. The van der Waals surface area contributed by atoms with Crippen LogP contribution in [0.1, 0.15) is 75.0 Å². The quantitative estimate of drug-likeness (QED) is 0.195. The fourth-order valence-electron chi connectivity index (χ4n) is 7.38. The number of allylic oxidation sites excluding steroid dienone is 1. The normalized spacial score (nSPS) is 20.3. The van der Waals surface area contributed by atoms with Gasteiger partial charge in [-0.2, -0.15) is 0 Å². The highest BCUT2D eigenvalue weighted by Gasteiger charge is 2.38. The molecule has 4 aromatic rings. The highest BCUT2D eigenvalue weighted by Crippen LogP contribution is 2.36. The lowest BCUT2D eigenvalue weighted by atomic mass is 9.96. The van der Waals surface area contributed by atoms with Gasteiger partial charge in [0.1, 0.15) is 11.9 Å². The Morgan fingerprint density at radius 3 is 2.26 bits per heavy atom. The van der Waals surface area contributed by atoms with Crippen LogP contribution in [-0.4, -0.2) is 63.6 Å². The van der Waals surface area contributed by atoms with Crippen LogP contribution in [0.2, 0.25) is 0 Å². The number of aromatic nitrogens is 2. The van der Waals surface area contributed by atoms with E-state index in [2.05, 4.69) is 89.7 Å². The third-order valence-corrected chi connectivity index (χ3v) is 9.98. The maximum atomic E-state index is 14.1. The first kappa shape index (κ1) is 30.3. The average molecular weight is 613 g/mol. The van der Waals surface area contributed by atoms with Crippen molar-refractivity contribution in [2.75, 3.05) is 26.2 Å². The van der Waals surface area contributed by atoms with Gasteiger partial charge in [0.25, 0.3) is 0 Å². The van der Waals surface area contributed by atoms with Gasteiger partial charge in [0.2, 0.25) is 5.91 Å². The predicted molar refractivity (Wildman–Crippen MR) is 186 cm³/mol. The third kappa shape index (κ3) is 6.09. The number of amides is 1. The summed E-state index contributed by atoms with van der Waals surface area (Å²) in [5.41, 5.74) is 9.30. The molecule has 7 nitrogen and oxygen atoms in total. The van der Waals surface area contributed by atoms with Gasteiger partial charge in [-0.05, 0) is 78.7 Å². The summed E-state index contributed by atoms with van der Waals surface area (Å²) in [6, 6.07) is 27.8. The minimum atomic E-state index is -0.289. The molecule has 2 saturated heterocycles. The summed E-state index contributed by atoms with van der Waals surface area (Å²) >= 11 is 0. The van der Waals surface area contributed by atoms with Gasteiger partial charge in [0.15, 0.2) is 0 Å². The number of likely N-dealkylation sites (N-methyl/N-ethyl adjacent to an activating group) is 1. The maximum absolute atomic E-state index is 14.1. The molecule has 1 aromatic heterocycles. The van der Waals surface area contributed by atoms with Crippen LogP contribution < -0.4 is 5.32 Å². The molecule has 3 aliphatic rings. The molecule has 0 spiro atoms. The number of aromatic amines is 1. The molecule has 0 aliphatic carbocycles. The summed E-state index contributed by atoms with van der Waals surface area (Å²) in [7, 11) is 0. The van der Waals surface area contributed by atoms with Crippen LogP contribution in [0.15, 0.2) is 96.3 Å². The Kier molecular flexibility index (Phi) is 8.95. The fraction of sp³-hybridized carbons (Fsp3) is 0.359. The minimum absolute atomic E-state index is 0.0494. The van der Waals surface area contributed by atoms with Crippen LogP contribution in [0.3, 0.4) is 0 Å². The van der Waals surface area contributed by atoms with E-state index in [1.165, 1.54) is 40.8 Å². The topological polar surface area (TPSA) is 76.6 Å². The van der Waals surface area contributed by atoms with E-state index in [1.807, 2.05) is 35.5 Å². The number of aliphatic imine (C=N–C) groups is 1. The summed E-state index contributed by atoms with van der Waals surface area (Å²) in [5, 5.41) is 3.57. The maximum Gasteiger partial charge on any atom is 0.245 e. The molecule has 0 saturated carbocycles. The van der Waals surface area contributed by atoms with Gasteiger partial charge in [-0.15, -0.1) is 0 Å². The van der Waals surface area contributed by atoms with Crippen LogP contribution in [0.5, 0.6) is 0 Å². The van der Waals surface area contributed by atoms with Gasteiger partial charge in [0.05, 0.1) is 17.9 Å². The summed E-state index contributed by atoms with van der Waals surface area (Å²) in [4.78, 5) is 31.5. The Morgan fingerprint density at radius 2 is 1.59 bits per heavy atom. The van der Waals surface area contributed by atoms with Gasteiger partial charge in [-0.3, -0.25) is 14.7 Å². The lowest BCUT2D eigenvalue weighted by Gasteiger charge is -2.34. The van der Waals surface area contributed by atoms with Crippen LogP contribution in [0.4, 0.5) is 0 Å². The molecule has 3 aliphatic heterocycles. The minimum Gasteiger partial charge on any atom is -0.340 e. The van der Waals surface area contributed by atoms with Gasteiger partial charge in [-0.1, -0.05) is 92.7 Å². The second-order valence-corrected chi connectivity index (χ2v) is 12.7. The highest BCUT2D eigenvalue weighted by atomic mass is 16.2. The number of carbonyl (C=O) groups excluding carboxylic acids is 1. The molecular weight excluding hydrogens is 568 g/mol. The van der Waals surface area contributed by atoms with E-state index >= 15 is 0 Å². The molecule has 2 N–H and O–H groups in total. The van der Waals surface area contributed by atoms with Crippen LogP contribution in [0, 0.1) is 0 Å². The van der Waals surface area contributed by atoms with Crippen molar-refractivity contribution < 1.29 is 4.79 Å². The molecule has 0 bridgehead atoms. The number of hydrogen-bond donors (Lipinski definition) is 2. The van der Waals surface area contributed by atoms with Crippen LogP contribution in [-0.2, 0) is 4.79 Å². The number of rotatable bonds is 10. The monoisotopic (exact) mass is 612 g/mol. The molecule has 1 amide bonds. The van der Waals surface area contributed by atoms with E-state index < -0.39 is 0 Å². The summed E-state index contributed by atoms with van der Waals surface area (Å²) in [5.74, 6) is 1.03. The van der Waals surface area contributed by atoms with Gasteiger partial charge in [-0.25, -0.2) is 4.98 Å². The molecule has 2 unspecified atom stereocenters. The largest absolute Gasteiger partial charge is 0.340 e. The second-order valence-electron chi connectivity index (χ2n) is 12.7. The molecule has 2 fully saturated rings. The van der Waals surface area contributed by atoms with Crippen molar-refractivity contribution >= 4 is 17.2 Å². The molecule has 3 aromatic carbocycles. The number of hydrogen-bond acceptors (Lipinski definition) is 5. The fourth-order valence-corrected chi connectivity index (χ4v) is 7.38. The molecule has 0 radical (unpaired) electrons. The number of imidazole rings is 1. The van der Waals surface area contributed by atoms with Crippen molar-refractivity contribution in [3.63, 3.8) is 0 Å². The van der Waals surface area contributed by atoms with Gasteiger partial charge in [0, 0.05) is 30.9 Å². The first-order chi connectivity index (χ1) is 22.6. The first-order valence-corrected chi connectivity index (χ1v) is 17.0. The van der Waals surface area contributed by atoms with E-state index in [0.29, 0.717) is 6.04 Å². The first-order valence-electron chi connectivity index (χ1n) is 17.0. The summed E-state index contributed by atoms with van der Waals surface area (Å²) in [6.45, 7) is 7.73. The van der Waals surface area contributed by atoms with Gasteiger partial charge < -0.3 is 15.2 Å².